The molecule has 0 aliphatic heterocycles. The number of carbonyl (C=O) groups is 1. The van der Waals surface area contributed by atoms with Gasteiger partial charge < -0.3 is 5.11 Å². The summed E-state index contributed by atoms with van der Waals surface area (Å²) in [4.78, 5) is 13.0. The average Bonchev–Trinajstić information content (AvgIpc) is 2.14. The Labute approximate surface area is 85.5 Å². The van der Waals surface area contributed by atoms with Crippen molar-refractivity contribution < 1.29 is 31.9 Å². The molecule has 88 valence electrons. The first-order chi connectivity index (χ1) is 7.29. The van der Waals surface area contributed by atoms with E-state index in [9.17, 15) is 26.7 Å². The minimum atomic E-state index is -5.11. The van der Waals surface area contributed by atoms with Crippen LogP contribution in [0.5, 0.6) is 5.75 Å². The van der Waals surface area contributed by atoms with Crippen molar-refractivity contribution in [3.8, 4) is 5.75 Å². The first kappa shape index (κ1) is 12.3. The number of carbonyl (C=O) groups excluding carboxylic acids is 1. The van der Waals surface area contributed by atoms with E-state index >= 15 is 0 Å². The fourth-order valence-electron chi connectivity index (χ4n) is 1.10. The predicted molar refractivity (Wildman–Crippen MR) is 41.2 cm³/mol. The van der Waals surface area contributed by atoms with Crippen LogP contribution in [0.25, 0.3) is 0 Å². The molecule has 3 nitrogen and oxygen atoms in total. The third-order valence-electron chi connectivity index (χ3n) is 1.74. The highest BCUT2D eigenvalue weighted by molar-refractivity contribution is 5.81. The summed E-state index contributed by atoms with van der Waals surface area (Å²) >= 11 is 0. The van der Waals surface area contributed by atoms with E-state index in [1.807, 2.05) is 0 Å². The Bertz CT molecular complexity index is 416. The molecule has 1 aromatic rings. The first-order valence-corrected chi connectivity index (χ1v) is 3.81. The highest BCUT2D eigenvalue weighted by Crippen LogP contribution is 2.38. The molecule has 0 amide bonds. The van der Waals surface area contributed by atoms with Gasteiger partial charge in [0, 0.05) is 0 Å². The summed E-state index contributed by atoms with van der Waals surface area (Å²) in [6, 6.07) is 0. The molecule has 16 heavy (non-hydrogen) atoms. The number of alkyl halides is 5. The molecule has 0 aliphatic rings. The molecule has 0 aliphatic carbocycles. The predicted octanol–water partition coefficient (Wildman–Crippen LogP) is 2.56. The Balaban J connectivity index is 3.58. The van der Waals surface area contributed by atoms with Gasteiger partial charge in [-0.15, -0.1) is 0 Å². The van der Waals surface area contributed by atoms with Crippen LogP contribution in [-0.2, 0) is 6.18 Å². The van der Waals surface area contributed by atoms with E-state index in [-0.39, 0.29) is 6.29 Å². The molecule has 1 heterocycles. The number of aromatic nitrogens is 1. The molecule has 1 rings (SSSR count). The maximum atomic E-state index is 12.4. The lowest BCUT2D eigenvalue weighted by Gasteiger charge is -2.13. The topological polar surface area (TPSA) is 50.2 Å². The number of hydrogen-bond donors (Lipinski definition) is 1. The van der Waals surface area contributed by atoms with Crippen molar-refractivity contribution in [2.75, 3.05) is 0 Å². The zero-order valence-electron chi connectivity index (χ0n) is 7.42. The van der Waals surface area contributed by atoms with Gasteiger partial charge in [-0.05, 0) is 0 Å². The zero-order valence-corrected chi connectivity index (χ0v) is 7.42. The second-order valence-corrected chi connectivity index (χ2v) is 2.74. The highest BCUT2D eigenvalue weighted by atomic mass is 19.4. The van der Waals surface area contributed by atoms with Crippen LogP contribution in [-0.4, -0.2) is 16.4 Å². The minimum absolute atomic E-state index is 0.270. The van der Waals surface area contributed by atoms with Crippen LogP contribution >= 0.6 is 0 Å². The Hall–Kier alpha value is -1.73. The van der Waals surface area contributed by atoms with Crippen LogP contribution in [0.3, 0.4) is 0 Å². The van der Waals surface area contributed by atoms with Crippen molar-refractivity contribution in [1.82, 2.24) is 4.98 Å². The van der Waals surface area contributed by atoms with Gasteiger partial charge in [0.2, 0.25) is 0 Å². The average molecular weight is 241 g/mol. The summed E-state index contributed by atoms with van der Waals surface area (Å²) in [6.45, 7) is 0. The third kappa shape index (κ3) is 2.10. The Morgan fingerprint density at radius 1 is 1.38 bits per heavy atom. The molecule has 0 atom stereocenters. The fourth-order valence-corrected chi connectivity index (χ4v) is 1.10. The summed E-state index contributed by atoms with van der Waals surface area (Å²) in [5.74, 6) is -1.02. The van der Waals surface area contributed by atoms with Crippen LogP contribution in [0.1, 0.15) is 28.0 Å². The van der Waals surface area contributed by atoms with Gasteiger partial charge in [-0.25, -0.2) is 13.8 Å². The van der Waals surface area contributed by atoms with Gasteiger partial charge in [0.05, 0.1) is 17.3 Å². The van der Waals surface area contributed by atoms with Gasteiger partial charge in [0.1, 0.15) is 5.75 Å². The van der Waals surface area contributed by atoms with Crippen molar-refractivity contribution in [3.05, 3.63) is 23.0 Å². The molecule has 0 spiro atoms. The van der Waals surface area contributed by atoms with Crippen LogP contribution in [0.15, 0.2) is 6.20 Å². The van der Waals surface area contributed by atoms with Crippen LogP contribution in [0, 0.1) is 0 Å². The van der Waals surface area contributed by atoms with Gasteiger partial charge in [-0.1, -0.05) is 0 Å². The maximum Gasteiger partial charge on any atom is 0.433 e. The molecule has 0 saturated heterocycles. The number of halogens is 5. The fraction of sp³-hybridized carbons (Fsp3) is 0.250. The van der Waals surface area contributed by atoms with E-state index < -0.39 is 35.2 Å². The monoisotopic (exact) mass is 241 g/mol. The number of rotatable bonds is 2. The molecule has 0 fully saturated rings. The Morgan fingerprint density at radius 3 is 2.31 bits per heavy atom. The SMILES string of the molecule is O=Cc1c(O)cnc(C(F)(F)F)c1C(F)F. The van der Waals surface area contributed by atoms with E-state index in [1.54, 1.807) is 0 Å². The summed E-state index contributed by atoms with van der Waals surface area (Å²) in [5.41, 5.74) is -4.58. The van der Waals surface area contributed by atoms with E-state index in [0.29, 0.717) is 6.20 Å². The van der Waals surface area contributed by atoms with Gasteiger partial charge in [0.25, 0.3) is 6.43 Å². The molecule has 0 bridgehead atoms. The van der Waals surface area contributed by atoms with Crippen molar-refractivity contribution in [1.29, 1.82) is 0 Å². The quantitative estimate of drug-likeness (QED) is 0.639. The normalized spacial score (nSPS) is 11.9. The number of hydrogen-bond acceptors (Lipinski definition) is 3. The minimum Gasteiger partial charge on any atom is -0.506 e. The number of nitrogens with zero attached hydrogens (tertiary/aromatic N) is 1. The van der Waals surface area contributed by atoms with Gasteiger partial charge in [-0.3, -0.25) is 4.79 Å². The van der Waals surface area contributed by atoms with Crippen LogP contribution < -0.4 is 0 Å². The molecule has 8 heteroatoms. The second-order valence-electron chi connectivity index (χ2n) is 2.74. The van der Waals surface area contributed by atoms with Crippen LogP contribution in [0.2, 0.25) is 0 Å². The largest absolute Gasteiger partial charge is 0.506 e. The second kappa shape index (κ2) is 4.03. The molecule has 0 radical (unpaired) electrons. The lowest BCUT2D eigenvalue weighted by molar-refractivity contribution is -0.143. The summed E-state index contributed by atoms with van der Waals surface area (Å²) in [7, 11) is 0. The molecular weight excluding hydrogens is 237 g/mol. The van der Waals surface area contributed by atoms with Gasteiger partial charge in [-0.2, -0.15) is 13.2 Å². The van der Waals surface area contributed by atoms with Crippen molar-refractivity contribution >= 4 is 6.29 Å². The molecule has 0 saturated carbocycles. The first-order valence-electron chi connectivity index (χ1n) is 3.81. The Kier molecular flexibility index (Phi) is 3.11. The summed E-state index contributed by atoms with van der Waals surface area (Å²) < 4.78 is 61.5. The van der Waals surface area contributed by atoms with E-state index in [2.05, 4.69) is 4.98 Å². The van der Waals surface area contributed by atoms with E-state index in [0.717, 1.165) is 0 Å². The van der Waals surface area contributed by atoms with Crippen molar-refractivity contribution in [2.24, 2.45) is 0 Å². The molecule has 1 N–H and O–H groups in total. The van der Waals surface area contributed by atoms with Gasteiger partial charge >= 0.3 is 6.18 Å². The van der Waals surface area contributed by atoms with Crippen molar-refractivity contribution in [2.45, 2.75) is 12.6 Å². The summed E-state index contributed by atoms with van der Waals surface area (Å²) in [6.07, 6.45) is -8.64. The van der Waals surface area contributed by atoms with E-state index in [1.165, 1.54) is 0 Å². The molecule has 0 unspecified atom stereocenters. The highest BCUT2D eigenvalue weighted by Gasteiger charge is 2.39. The molecule has 0 aromatic carbocycles. The third-order valence-corrected chi connectivity index (χ3v) is 1.74. The number of aldehydes is 1. The Morgan fingerprint density at radius 2 is 1.94 bits per heavy atom. The lowest BCUT2D eigenvalue weighted by Crippen LogP contribution is -2.14. The smallest absolute Gasteiger partial charge is 0.433 e. The maximum absolute atomic E-state index is 12.4. The van der Waals surface area contributed by atoms with E-state index in [4.69, 9.17) is 5.11 Å². The number of pyridine rings is 1. The van der Waals surface area contributed by atoms with Crippen LogP contribution in [0.4, 0.5) is 22.0 Å². The standard InChI is InChI=1S/C8H4F5NO2/c9-7(10)5-3(2-15)4(16)1-14-6(5)8(11,12)13/h1-2,7,16H. The number of aromatic hydroxyl groups is 1. The molecule has 1 aromatic heterocycles. The summed E-state index contributed by atoms with van der Waals surface area (Å²) in [5, 5.41) is 8.94. The molecular formula is C8H4F5NO2. The lowest BCUT2D eigenvalue weighted by atomic mass is 10.1. The van der Waals surface area contributed by atoms with Gasteiger partial charge in [0.15, 0.2) is 12.0 Å². The van der Waals surface area contributed by atoms with Crippen molar-refractivity contribution in [3.63, 3.8) is 0 Å². The zero-order chi connectivity index (χ0) is 12.5.